The number of anilines is 1. The molecule has 1 heterocycles. The normalized spacial score (nSPS) is 11.2. The number of carbonyl (C=O) groups is 1. The Kier molecular flexibility index (Phi) is 5.28. The lowest BCUT2D eigenvalue weighted by Crippen LogP contribution is -2.19. The van der Waals surface area contributed by atoms with Crippen molar-refractivity contribution >= 4 is 17.4 Å². The predicted molar refractivity (Wildman–Crippen MR) is 100 cm³/mol. The van der Waals surface area contributed by atoms with E-state index in [-0.39, 0.29) is 18.3 Å². The van der Waals surface area contributed by atoms with Crippen LogP contribution in [0.3, 0.4) is 0 Å². The summed E-state index contributed by atoms with van der Waals surface area (Å²) in [7, 11) is 1.77. The fourth-order valence-electron chi connectivity index (χ4n) is 2.34. The minimum Gasteiger partial charge on any atom is -0.384 e. The van der Waals surface area contributed by atoms with Gasteiger partial charge in [-0.3, -0.25) is 9.48 Å². The molecule has 0 spiro atoms. The molecule has 7 heteroatoms. The average molecular weight is 349 g/mol. The van der Waals surface area contributed by atoms with Crippen LogP contribution in [0.15, 0.2) is 72.1 Å². The number of amidine groups is 1. The third kappa shape index (κ3) is 4.47. The Labute approximate surface area is 151 Å². The molecule has 132 valence electrons. The highest BCUT2D eigenvalue weighted by Crippen LogP contribution is 2.20. The number of nitrogens with one attached hydrogen (secondary N) is 1. The molecular formula is C19H19N5O2. The van der Waals surface area contributed by atoms with Crippen molar-refractivity contribution in [1.29, 1.82) is 0 Å². The molecule has 0 atom stereocenters. The molecule has 7 nitrogen and oxygen atoms in total. The van der Waals surface area contributed by atoms with E-state index in [0.717, 1.165) is 11.1 Å². The van der Waals surface area contributed by atoms with Crippen molar-refractivity contribution in [2.24, 2.45) is 17.9 Å². The van der Waals surface area contributed by atoms with E-state index in [2.05, 4.69) is 15.6 Å². The number of carbonyl (C=O) groups excluding carboxylic acids is 1. The first-order chi connectivity index (χ1) is 12.6. The number of oxime groups is 1. The molecule has 3 N–H and O–H groups in total. The lowest BCUT2D eigenvalue weighted by Gasteiger charge is -2.06. The van der Waals surface area contributed by atoms with Gasteiger partial charge in [0.2, 0.25) is 0 Å². The minimum absolute atomic E-state index is 0.165. The second-order valence-corrected chi connectivity index (χ2v) is 5.64. The molecule has 0 radical (unpaired) electrons. The lowest BCUT2D eigenvalue weighted by molar-refractivity contribution is -0.120. The predicted octanol–water partition coefficient (Wildman–Crippen LogP) is 2.36. The monoisotopic (exact) mass is 349 g/mol. The van der Waals surface area contributed by atoms with Crippen molar-refractivity contribution < 1.29 is 9.63 Å². The first kappa shape index (κ1) is 17.2. The fraction of sp³-hybridized carbons (Fsp3) is 0.105. The zero-order valence-corrected chi connectivity index (χ0v) is 14.3. The number of hydrogen-bond acceptors (Lipinski definition) is 4. The summed E-state index contributed by atoms with van der Waals surface area (Å²) in [5.74, 6) is -0.154. The molecule has 1 amide bonds. The van der Waals surface area contributed by atoms with Gasteiger partial charge in [-0.2, -0.15) is 5.10 Å². The first-order valence-corrected chi connectivity index (χ1v) is 8.01. The van der Waals surface area contributed by atoms with Gasteiger partial charge in [0.15, 0.2) is 12.4 Å². The third-order valence-corrected chi connectivity index (χ3v) is 3.63. The van der Waals surface area contributed by atoms with Crippen molar-refractivity contribution in [2.45, 2.75) is 0 Å². The van der Waals surface area contributed by atoms with Crippen molar-refractivity contribution in [1.82, 2.24) is 9.78 Å². The summed E-state index contributed by atoms with van der Waals surface area (Å²) < 4.78 is 1.60. The van der Waals surface area contributed by atoms with Gasteiger partial charge in [-0.1, -0.05) is 47.6 Å². The summed E-state index contributed by atoms with van der Waals surface area (Å²) >= 11 is 0. The molecule has 0 unspecified atom stereocenters. The molecule has 0 fully saturated rings. The first-order valence-electron chi connectivity index (χ1n) is 8.01. The van der Waals surface area contributed by atoms with Gasteiger partial charge in [0.1, 0.15) is 0 Å². The van der Waals surface area contributed by atoms with Gasteiger partial charge in [-0.15, -0.1) is 0 Å². The number of nitrogens with zero attached hydrogens (tertiary/aromatic N) is 3. The minimum atomic E-state index is -0.319. The van der Waals surface area contributed by atoms with E-state index in [1.54, 1.807) is 24.1 Å². The molecular weight excluding hydrogens is 330 g/mol. The topological polar surface area (TPSA) is 94.5 Å². The van der Waals surface area contributed by atoms with Crippen molar-refractivity contribution in [3.8, 4) is 11.1 Å². The smallest absolute Gasteiger partial charge is 0.265 e. The molecule has 0 aliphatic carbocycles. The molecule has 2 aromatic carbocycles. The Hall–Kier alpha value is -3.61. The van der Waals surface area contributed by atoms with Gasteiger partial charge in [0.05, 0.1) is 11.8 Å². The SMILES string of the molecule is Cn1cc(/C(N)=N/OCC(=O)Nc2ccc(-c3ccccc3)cc2)cn1. The standard InChI is InChI=1S/C19H19N5O2/c1-24-12-16(11-21-24)19(20)23-26-13-18(25)22-17-9-7-15(8-10-17)14-5-3-2-4-6-14/h2-12H,13H2,1H3,(H2,20,23)(H,22,25). The Morgan fingerprint density at radius 1 is 1.15 bits per heavy atom. The summed E-state index contributed by atoms with van der Waals surface area (Å²) in [5, 5.41) is 10.5. The van der Waals surface area contributed by atoms with Crippen LogP contribution in [0.4, 0.5) is 5.69 Å². The van der Waals surface area contributed by atoms with E-state index in [1.165, 1.54) is 0 Å². The third-order valence-electron chi connectivity index (χ3n) is 3.63. The van der Waals surface area contributed by atoms with Gasteiger partial charge in [-0.25, -0.2) is 0 Å². The van der Waals surface area contributed by atoms with Crippen molar-refractivity contribution in [2.75, 3.05) is 11.9 Å². The highest BCUT2D eigenvalue weighted by molar-refractivity contribution is 5.96. The second kappa shape index (κ2) is 7.98. The van der Waals surface area contributed by atoms with Crippen molar-refractivity contribution in [3.63, 3.8) is 0 Å². The largest absolute Gasteiger partial charge is 0.384 e. The Morgan fingerprint density at radius 3 is 2.50 bits per heavy atom. The van der Waals surface area contributed by atoms with Crippen LogP contribution >= 0.6 is 0 Å². The highest BCUT2D eigenvalue weighted by Gasteiger charge is 2.05. The summed E-state index contributed by atoms with van der Waals surface area (Å²) in [5.41, 5.74) is 9.27. The van der Waals surface area contributed by atoms with E-state index in [1.807, 2.05) is 54.6 Å². The van der Waals surface area contributed by atoms with Crippen LogP contribution in [-0.4, -0.2) is 28.1 Å². The molecule has 26 heavy (non-hydrogen) atoms. The molecule has 3 aromatic rings. The van der Waals surface area contributed by atoms with Gasteiger partial charge >= 0.3 is 0 Å². The molecule has 0 saturated heterocycles. The van der Waals surface area contributed by atoms with Crippen LogP contribution in [0.25, 0.3) is 11.1 Å². The van der Waals surface area contributed by atoms with Crippen LogP contribution < -0.4 is 11.1 Å². The maximum absolute atomic E-state index is 11.9. The number of aryl methyl sites for hydroxylation is 1. The van der Waals surface area contributed by atoms with Gasteiger partial charge < -0.3 is 15.9 Å². The van der Waals surface area contributed by atoms with E-state index in [4.69, 9.17) is 10.6 Å². The zero-order valence-electron chi connectivity index (χ0n) is 14.3. The Bertz CT molecular complexity index is 901. The summed E-state index contributed by atoms with van der Waals surface area (Å²) in [6, 6.07) is 17.6. The van der Waals surface area contributed by atoms with Gasteiger partial charge in [0.25, 0.3) is 5.91 Å². The van der Waals surface area contributed by atoms with Crippen LogP contribution in [0.1, 0.15) is 5.56 Å². The van der Waals surface area contributed by atoms with Crippen LogP contribution in [0.5, 0.6) is 0 Å². The highest BCUT2D eigenvalue weighted by atomic mass is 16.6. The van der Waals surface area contributed by atoms with E-state index in [0.29, 0.717) is 11.3 Å². The summed E-state index contributed by atoms with van der Waals surface area (Å²) in [6.07, 6.45) is 3.27. The Balaban J connectivity index is 1.52. The quantitative estimate of drug-likeness (QED) is 0.406. The van der Waals surface area contributed by atoms with Crippen LogP contribution in [0, 0.1) is 0 Å². The number of benzene rings is 2. The molecule has 3 rings (SSSR count). The maximum Gasteiger partial charge on any atom is 0.265 e. The fourth-order valence-corrected chi connectivity index (χ4v) is 2.34. The maximum atomic E-state index is 11.9. The Morgan fingerprint density at radius 2 is 1.85 bits per heavy atom. The molecule has 0 aliphatic rings. The average Bonchev–Trinajstić information content (AvgIpc) is 3.09. The van der Waals surface area contributed by atoms with E-state index < -0.39 is 0 Å². The van der Waals surface area contributed by atoms with Crippen LogP contribution in [0.2, 0.25) is 0 Å². The number of nitrogens with two attached hydrogens (primary N) is 1. The van der Waals surface area contributed by atoms with Gasteiger partial charge in [0, 0.05) is 18.9 Å². The summed E-state index contributed by atoms with van der Waals surface area (Å²) in [4.78, 5) is 16.9. The lowest BCUT2D eigenvalue weighted by atomic mass is 10.1. The van der Waals surface area contributed by atoms with Crippen molar-refractivity contribution in [3.05, 3.63) is 72.6 Å². The number of hydrogen-bond donors (Lipinski definition) is 2. The molecule has 0 saturated carbocycles. The number of amides is 1. The van der Waals surface area contributed by atoms with E-state index in [9.17, 15) is 4.79 Å². The molecule has 0 aliphatic heterocycles. The number of aromatic nitrogens is 2. The van der Waals surface area contributed by atoms with Gasteiger partial charge in [-0.05, 0) is 23.3 Å². The van der Waals surface area contributed by atoms with E-state index >= 15 is 0 Å². The summed E-state index contributed by atoms with van der Waals surface area (Å²) in [6.45, 7) is -0.235. The zero-order chi connectivity index (χ0) is 18.4. The molecule has 0 bridgehead atoms. The molecule has 1 aromatic heterocycles. The number of rotatable bonds is 6. The second-order valence-electron chi connectivity index (χ2n) is 5.64. The van der Waals surface area contributed by atoms with Crippen LogP contribution in [-0.2, 0) is 16.7 Å².